The van der Waals surface area contributed by atoms with Gasteiger partial charge in [0.25, 0.3) is 0 Å². The molecule has 4 heteroatoms. The monoisotopic (exact) mass is 713 g/mol. The number of rotatable bonds is 4. The van der Waals surface area contributed by atoms with E-state index in [1.165, 1.54) is 32.7 Å². The van der Waals surface area contributed by atoms with Crippen LogP contribution in [0.3, 0.4) is 0 Å². The Labute approximate surface area is 321 Å². The van der Waals surface area contributed by atoms with E-state index in [1.807, 2.05) is 12.1 Å². The van der Waals surface area contributed by atoms with Crippen LogP contribution in [-0.4, -0.2) is 14.5 Å². The summed E-state index contributed by atoms with van der Waals surface area (Å²) in [7, 11) is 0. The predicted octanol–water partition coefficient (Wildman–Crippen LogP) is 13.9. The number of hydrogen-bond acceptors (Lipinski definition) is 3. The third-order valence-electron chi connectivity index (χ3n) is 11.4. The van der Waals surface area contributed by atoms with Crippen molar-refractivity contribution in [1.29, 1.82) is 0 Å². The van der Waals surface area contributed by atoms with Crippen molar-refractivity contribution in [3.63, 3.8) is 0 Å². The van der Waals surface area contributed by atoms with Crippen molar-refractivity contribution in [1.82, 2.24) is 14.5 Å². The zero-order valence-corrected chi connectivity index (χ0v) is 30.1. The summed E-state index contributed by atoms with van der Waals surface area (Å²) >= 11 is 0. The fourth-order valence-electron chi connectivity index (χ4n) is 8.75. The molecule has 0 saturated carbocycles. The molecule has 4 nitrogen and oxygen atoms in total. The van der Waals surface area contributed by atoms with Crippen LogP contribution < -0.4 is 0 Å². The summed E-state index contributed by atoms with van der Waals surface area (Å²) in [6, 6.07) is 66.8. The molecule has 260 valence electrons. The van der Waals surface area contributed by atoms with Gasteiger partial charge in [0.1, 0.15) is 11.2 Å². The van der Waals surface area contributed by atoms with Crippen molar-refractivity contribution in [2.45, 2.75) is 0 Å². The van der Waals surface area contributed by atoms with E-state index < -0.39 is 0 Å². The maximum atomic E-state index is 6.39. The number of aromatic nitrogens is 3. The molecule has 0 spiro atoms. The molecule has 0 aliphatic heterocycles. The topological polar surface area (TPSA) is 43.9 Å². The largest absolute Gasteiger partial charge is 0.456 e. The number of benzene rings is 9. The normalized spacial score (nSPS) is 11.9. The van der Waals surface area contributed by atoms with Gasteiger partial charge in [0.15, 0.2) is 0 Å². The Morgan fingerprint density at radius 3 is 1.88 bits per heavy atom. The fraction of sp³-hybridized carbons (Fsp3) is 0. The molecule has 12 aromatic rings. The van der Waals surface area contributed by atoms with Crippen LogP contribution in [0.1, 0.15) is 0 Å². The number of nitrogens with zero attached hydrogens (tertiary/aromatic N) is 3. The van der Waals surface area contributed by atoms with E-state index in [0.717, 1.165) is 77.0 Å². The van der Waals surface area contributed by atoms with E-state index in [9.17, 15) is 0 Å². The highest BCUT2D eigenvalue weighted by molar-refractivity contribution is 6.17. The average Bonchev–Trinajstić information content (AvgIpc) is 3.80. The third kappa shape index (κ3) is 4.66. The highest BCUT2D eigenvalue weighted by Crippen LogP contribution is 2.42. The minimum absolute atomic E-state index is 0.629. The van der Waals surface area contributed by atoms with Gasteiger partial charge in [-0.25, -0.2) is 9.97 Å². The van der Waals surface area contributed by atoms with E-state index in [4.69, 9.17) is 14.4 Å². The SMILES string of the molecule is c1ccc2cc3c(cc2c1)c1cccc(-c2ccc4c(c2)oc2ccccc24)c1n3-c1nc(-c2ccc(-c3cccc4ccccc34)cc2)c2ccccc2n1. The Kier molecular flexibility index (Phi) is 6.60. The van der Waals surface area contributed by atoms with Gasteiger partial charge in [-0.15, -0.1) is 0 Å². The van der Waals surface area contributed by atoms with Crippen molar-refractivity contribution in [3.8, 4) is 39.5 Å². The summed E-state index contributed by atoms with van der Waals surface area (Å²) in [5.74, 6) is 0.629. The Hall–Kier alpha value is -7.56. The van der Waals surface area contributed by atoms with Crippen molar-refractivity contribution in [3.05, 3.63) is 188 Å². The number of furan rings is 1. The molecule has 3 aromatic heterocycles. The standard InChI is InChI=1S/C52H31N3O/c1-2-13-36-30-47-45(29-35(36)12-1)43-20-10-19-40(37-27-28-42-41-16-6-8-22-48(41)56-49(42)31-37)51(43)55(47)52-53-46-21-7-5-17-44(46)50(54-52)34-25-23-33(24-26-34)39-18-9-14-32-11-3-4-15-38(32)39/h1-31H. The van der Waals surface area contributed by atoms with E-state index in [-0.39, 0.29) is 0 Å². The molecule has 0 aliphatic carbocycles. The molecule has 0 N–H and O–H groups in total. The third-order valence-corrected chi connectivity index (χ3v) is 11.4. The van der Waals surface area contributed by atoms with Crippen LogP contribution in [0, 0.1) is 0 Å². The second kappa shape index (κ2) is 12.0. The molecule has 0 unspecified atom stereocenters. The minimum atomic E-state index is 0.629. The van der Waals surface area contributed by atoms with Crippen molar-refractivity contribution in [2.75, 3.05) is 0 Å². The van der Waals surface area contributed by atoms with E-state index >= 15 is 0 Å². The van der Waals surface area contributed by atoms with Gasteiger partial charge in [-0.05, 0) is 74.6 Å². The first-order valence-electron chi connectivity index (χ1n) is 19.0. The van der Waals surface area contributed by atoms with Crippen LogP contribution in [0.25, 0.3) is 116 Å². The predicted molar refractivity (Wildman–Crippen MR) is 232 cm³/mol. The van der Waals surface area contributed by atoms with E-state index in [2.05, 4.69) is 180 Å². The summed E-state index contributed by atoms with van der Waals surface area (Å²) in [4.78, 5) is 10.8. The molecule has 0 amide bonds. The summed E-state index contributed by atoms with van der Waals surface area (Å²) in [6.07, 6.45) is 0. The molecule has 0 radical (unpaired) electrons. The second-order valence-corrected chi connectivity index (χ2v) is 14.6. The van der Waals surface area contributed by atoms with Gasteiger partial charge in [0, 0.05) is 38.1 Å². The first-order chi connectivity index (χ1) is 27.7. The van der Waals surface area contributed by atoms with E-state index in [1.54, 1.807) is 0 Å². The molecule has 12 rings (SSSR count). The van der Waals surface area contributed by atoms with Gasteiger partial charge in [-0.1, -0.05) is 152 Å². The van der Waals surface area contributed by atoms with Gasteiger partial charge in [0.2, 0.25) is 5.95 Å². The van der Waals surface area contributed by atoms with Crippen molar-refractivity contribution in [2.24, 2.45) is 0 Å². The van der Waals surface area contributed by atoms with Gasteiger partial charge in [0.05, 0.1) is 22.2 Å². The molecule has 0 aliphatic rings. The van der Waals surface area contributed by atoms with Crippen LogP contribution in [0.2, 0.25) is 0 Å². The van der Waals surface area contributed by atoms with Crippen LogP contribution in [0.4, 0.5) is 0 Å². The smallest absolute Gasteiger partial charge is 0.235 e. The first kappa shape index (κ1) is 30.9. The Morgan fingerprint density at radius 1 is 0.375 bits per heavy atom. The molecular formula is C52H31N3O. The lowest BCUT2D eigenvalue weighted by molar-refractivity contribution is 0.669. The Balaban J connectivity index is 1.11. The summed E-state index contributed by atoms with van der Waals surface area (Å²) in [5.41, 5.74) is 11.2. The molecule has 0 atom stereocenters. The summed E-state index contributed by atoms with van der Waals surface area (Å²) in [6.45, 7) is 0. The Morgan fingerprint density at radius 2 is 1.00 bits per heavy atom. The second-order valence-electron chi connectivity index (χ2n) is 14.6. The lowest BCUT2D eigenvalue weighted by atomic mass is 9.96. The molecule has 0 fully saturated rings. The zero-order chi connectivity index (χ0) is 36.7. The molecule has 56 heavy (non-hydrogen) atoms. The molecule has 0 bridgehead atoms. The lowest BCUT2D eigenvalue weighted by Crippen LogP contribution is -2.04. The summed E-state index contributed by atoms with van der Waals surface area (Å²) in [5, 5.41) is 10.4. The highest BCUT2D eigenvalue weighted by Gasteiger charge is 2.21. The van der Waals surface area contributed by atoms with Crippen LogP contribution in [0.15, 0.2) is 192 Å². The molecule has 9 aromatic carbocycles. The first-order valence-corrected chi connectivity index (χ1v) is 19.0. The molecule has 3 heterocycles. The maximum Gasteiger partial charge on any atom is 0.235 e. The summed E-state index contributed by atoms with van der Waals surface area (Å²) < 4.78 is 8.67. The van der Waals surface area contributed by atoms with Gasteiger partial charge in [-0.2, -0.15) is 0 Å². The van der Waals surface area contributed by atoms with E-state index in [0.29, 0.717) is 5.95 Å². The minimum Gasteiger partial charge on any atom is -0.456 e. The average molecular weight is 714 g/mol. The quantitative estimate of drug-likeness (QED) is 0.182. The lowest BCUT2D eigenvalue weighted by Gasteiger charge is -2.14. The number of fused-ring (bicyclic) bond motifs is 9. The maximum absolute atomic E-state index is 6.39. The van der Waals surface area contributed by atoms with Gasteiger partial charge < -0.3 is 4.42 Å². The van der Waals surface area contributed by atoms with Crippen LogP contribution in [0.5, 0.6) is 0 Å². The molecule has 0 saturated heterocycles. The Bertz CT molecular complexity index is 3530. The highest BCUT2D eigenvalue weighted by atomic mass is 16.3. The zero-order valence-electron chi connectivity index (χ0n) is 30.1. The van der Waals surface area contributed by atoms with Gasteiger partial charge in [-0.3, -0.25) is 4.57 Å². The number of hydrogen-bond donors (Lipinski definition) is 0. The molecular weight excluding hydrogens is 683 g/mol. The number of para-hydroxylation sites is 3. The van der Waals surface area contributed by atoms with Crippen LogP contribution in [-0.2, 0) is 0 Å². The van der Waals surface area contributed by atoms with Crippen molar-refractivity contribution < 1.29 is 4.42 Å². The van der Waals surface area contributed by atoms with Crippen LogP contribution >= 0.6 is 0 Å². The fourth-order valence-corrected chi connectivity index (χ4v) is 8.75. The van der Waals surface area contributed by atoms with Gasteiger partial charge >= 0.3 is 0 Å². The van der Waals surface area contributed by atoms with Crippen molar-refractivity contribution >= 4 is 76.2 Å².